The van der Waals surface area contributed by atoms with Gasteiger partial charge in [0.25, 0.3) is 0 Å². The van der Waals surface area contributed by atoms with E-state index in [1.54, 1.807) is 0 Å². The molecule has 2 saturated carbocycles. The molecule has 0 aromatic heterocycles. The summed E-state index contributed by atoms with van der Waals surface area (Å²) in [5, 5.41) is 6.66. The zero-order chi connectivity index (χ0) is 16.5. The molecular weight excluding hydrogens is 280 g/mol. The summed E-state index contributed by atoms with van der Waals surface area (Å²) in [5.74, 6) is 0. The van der Waals surface area contributed by atoms with Gasteiger partial charge in [0.1, 0.15) is 5.60 Å². The van der Waals surface area contributed by atoms with E-state index in [9.17, 15) is 4.79 Å². The number of hydrogen-bond acceptors (Lipinski definition) is 4. The molecule has 22 heavy (non-hydrogen) atoms. The number of rotatable bonds is 6. The third-order valence-electron chi connectivity index (χ3n) is 4.93. The molecule has 2 aliphatic rings. The van der Waals surface area contributed by atoms with Gasteiger partial charge in [0.2, 0.25) is 0 Å². The zero-order valence-electron chi connectivity index (χ0n) is 14.9. The van der Waals surface area contributed by atoms with Crippen molar-refractivity contribution in [3.05, 3.63) is 0 Å². The van der Waals surface area contributed by atoms with Gasteiger partial charge in [0, 0.05) is 12.6 Å². The summed E-state index contributed by atoms with van der Waals surface area (Å²) >= 11 is 0. The number of alkyl carbamates (subject to hydrolysis) is 1. The Balaban J connectivity index is 1.88. The van der Waals surface area contributed by atoms with Gasteiger partial charge in [-0.3, -0.25) is 0 Å². The SMILES string of the molecule is CCOC1CC(NC(=O)OC(C)(C)C)C1NC(C)C1(C)CC1. The Hall–Kier alpha value is -0.810. The Bertz CT molecular complexity index is 401. The van der Waals surface area contributed by atoms with Crippen LogP contribution in [0, 0.1) is 5.41 Å². The van der Waals surface area contributed by atoms with Gasteiger partial charge in [-0.2, -0.15) is 0 Å². The quantitative estimate of drug-likeness (QED) is 0.792. The minimum Gasteiger partial charge on any atom is -0.444 e. The molecule has 1 amide bonds. The molecule has 4 atom stereocenters. The van der Waals surface area contributed by atoms with E-state index in [0.29, 0.717) is 18.1 Å². The highest BCUT2D eigenvalue weighted by molar-refractivity contribution is 5.68. The zero-order valence-corrected chi connectivity index (χ0v) is 14.9. The fourth-order valence-electron chi connectivity index (χ4n) is 2.94. The highest BCUT2D eigenvalue weighted by Crippen LogP contribution is 2.48. The van der Waals surface area contributed by atoms with E-state index in [2.05, 4.69) is 24.5 Å². The molecule has 0 spiro atoms. The molecule has 0 aliphatic heterocycles. The van der Waals surface area contributed by atoms with Crippen LogP contribution in [0.4, 0.5) is 4.79 Å². The van der Waals surface area contributed by atoms with Gasteiger partial charge in [0.15, 0.2) is 0 Å². The molecule has 0 saturated heterocycles. The van der Waals surface area contributed by atoms with E-state index in [4.69, 9.17) is 9.47 Å². The second kappa shape index (κ2) is 6.36. The lowest BCUT2D eigenvalue weighted by Crippen LogP contribution is -2.68. The Kier molecular flexibility index (Phi) is 5.07. The van der Waals surface area contributed by atoms with Crippen LogP contribution in [0.2, 0.25) is 0 Å². The molecule has 5 heteroatoms. The molecule has 2 fully saturated rings. The Morgan fingerprint density at radius 2 is 2.00 bits per heavy atom. The Labute approximate surface area is 134 Å². The van der Waals surface area contributed by atoms with E-state index in [-0.39, 0.29) is 24.3 Å². The van der Waals surface area contributed by atoms with Crippen LogP contribution in [0.15, 0.2) is 0 Å². The van der Waals surface area contributed by atoms with Gasteiger partial charge < -0.3 is 20.1 Å². The third kappa shape index (κ3) is 4.35. The van der Waals surface area contributed by atoms with Crippen LogP contribution in [0.5, 0.6) is 0 Å². The van der Waals surface area contributed by atoms with Crippen molar-refractivity contribution in [2.75, 3.05) is 6.61 Å². The first-order valence-electron chi connectivity index (χ1n) is 8.52. The van der Waals surface area contributed by atoms with Crippen LogP contribution in [0.1, 0.15) is 60.8 Å². The Morgan fingerprint density at radius 3 is 2.50 bits per heavy atom. The first kappa shape index (κ1) is 17.5. The van der Waals surface area contributed by atoms with Gasteiger partial charge in [-0.05, 0) is 59.3 Å². The molecule has 0 heterocycles. The van der Waals surface area contributed by atoms with Crippen LogP contribution in [-0.4, -0.2) is 42.5 Å². The molecule has 0 aromatic rings. The lowest BCUT2D eigenvalue weighted by molar-refractivity contribution is -0.0482. The number of hydrogen-bond donors (Lipinski definition) is 2. The number of carbonyl (C=O) groups is 1. The predicted molar refractivity (Wildman–Crippen MR) is 86.9 cm³/mol. The van der Waals surface area contributed by atoms with Crippen molar-refractivity contribution >= 4 is 6.09 Å². The van der Waals surface area contributed by atoms with Crippen molar-refractivity contribution in [3.8, 4) is 0 Å². The summed E-state index contributed by atoms with van der Waals surface area (Å²) in [4.78, 5) is 12.0. The van der Waals surface area contributed by atoms with Gasteiger partial charge in [-0.25, -0.2) is 4.79 Å². The number of carbonyl (C=O) groups excluding carboxylic acids is 1. The highest BCUT2D eigenvalue weighted by atomic mass is 16.6. The summed E-state index contributed by atoms with van der Waals surface area (Å²) in [6, 6.07) is 0.680. The first-order valence-corrected chi connectivity index (χ1v) is 8.52. The lowest BCUT2D eigenvalue weighted by Gasteiger charge is -2.46. The van der Waals surface area contributed by atoms with E-state index in [1.807, 2.05) is 27.7 Å². The molecule has 4 unspecified atom stereocenters. The van der Waals surface area contributed by atoms with Crippen molar-refractivity contribution in [2.24, 2.45) is 5.41 Å². The third-order valence-corrected chi connectivity index (χ3v) is 4.93. The van der Waals surface area contributed by atoms with E-state index < -0.39 is 5.60 Å². The van der Waals surface area contributed by atoms with E-state index >= 15 is 0 Å². The van der Waals surface area contributed by atoms with Crippen LogP contribution in [0.3, 0.4) is 0 Å². The summed E-state index contributed by atoms with van der Waals surface area (Å²) in [7, 11) is 0. The maximum absolute atomic E-state index is 12.0. The van der Waals surface area contributed by atoms with Gasteiger partial charge >= 0.3 is 6.09 Å². The highest BCUT2D eigenvalue weighted by Gasteiger charge is 2.48. The van der Waals surface area contributed by atoms with Gasteiger partial charge in [0.05, 0.1) is 18.2 Å². The normalized spacial score (nSPS) is 31.1. The molecule has 2 aliphatic carbocycles. The van der Waals surface area contributed by atoms with Crippen molar-refractivity contribution in [2.45, 2.75) is 90.6 Å². The molecule has 5 nitrogen and oxygen atoms in total. The topological polar surface area (TPSA) is 59.6 Å². The predicted octanol–water partition coefficient (Wildman–Crippen LogP) is 2.84. The maximum Gasteiger partial charge on any atom is 0.407 e. The molecule has 0 bridgehead atoms. The molecule has 2 N–H and O–H groups in total. The molecule has 2 rings (SSSR count). The second-order valence-corrected chi connectivity index (χ2v) is 8.05. The average Bonchev–Trinajstić information content (AvgIpc) is 3.11. The monoisotopic (exact) mass is 312 g/mol. The van der Waals surface area contributed by atoms with Crippen LogP contribution < -0.4 is 10.6 Å². The first-order chi connectivity index (χ1) is 10.1. The maximum atomic E-state index is 12.0. The smallest absolute Gasteiger partial charge is 0.407 e. The minimum atomic E-state index is -0.467. The average molecular weight is 312 g/mol. The number of amides is 1. The number of ether oxygens (including phenoxy) is 2. The van der Waals surface area contributed by atoms with E-state index in [0.717, 1.165) is 6.42 Å². The molecular formula is C17H32N2O3. The fourth-order valence-corrected chi connectivity index (χ4v) is 2.94. The van der Waals surface area contributed by atoms with Gasteiger partial charge in [-0.15, -0.1) is 0 Å². The minimum absolute atomic E-state index is 0.0798. The largest absolute Gasteiger partial charge is 0.444 e. The lowest BCUT2D eigenvalue weighted by atomic mass is 9.81. The van der Waals surface area contributed by atoms with Crippen LogP contribution >= 0.6 is 0 Å². The summed E-state index contributed by atoms with van der Waals surface area (Å²) in [5.41, 5.74) is -0.0618. The van der Waals surface area contributed by atoms with Crippen LogP contribution in [0.25, 0.3) is 0 Å². The van der Waals surface area contributed by atoms with Crippen molar-refractivity contribution < 1.29 is 14.3 Å². The van der Waals surface area contributed by atoms with Crippen LogP contribution in [-0.2, 0) is 9.47 Å². The molecule has 128 valence electrons. The summed E-state index contributed by atoms with van der Waals surface area (Å²) < 4.78 is 11.1. The van der Waals surface area contributed by atoms with Crippen molar-refractivity contribution in [1.29, 1.82) is 0 Å². The standard InChI is InChI=1S/C17H32N2O3/c1-7-21-13-10-12(19-15(20)22-16(3,4)5)14(13)18-11(2)17(6)8-9-17/h11-14,18H,7-10H2,1-6H3,(H,19,20). The Morgan fingerprint density at radius 1 is 1.36 bits per heavy atom. The van der Waals surface area contributed by atoms with Gasteiger partial charge in [-0.1, -0.05) is 6.92 Å². The molecule has 0 radical (unpaired) electrons. The molecule has 0 aromatic carbocycles. The summed E-state index contributed by atoms with van der Waals surface area (Å²) in [6.07, 6.45) is 3.22. The fraction of sp³-hybridized carbons (Fsp3) is 0.941. The van der Waals surface area contributed by atoms with Crippen molar-refractivity contribution in [3.63, 3.8) is 0 Å². The van der Waals surface area contributed by atoms with E-state index in [1.165, 1.54) is 12.8 Å². The summed E-state index contributed by atoms with van der Waals surface area (Å²) in [6.45, 7) is 12.9. The second-order valence-electron chi connectivity index (χ2n) is 8.05. The number of nitrogens with one attached hydrogen (secondary N) is 2. The van der Waals surface area contributed by atoms with Crippen molar-refractivity contribution in [1.82, 2.24) is 10.6 Å².